The van der Waals surface area contributed by atoms with Crippen molar-refractivity contribution in [2.24, 2.45) is 5.92 Å². The van der Waals surface area contributed by atoms with Gasteiger partial charge in [0.25, 0.3) is 5.91 Å². The molecule has 1 aliphatic carbocycles. The lowest BCUT2D eigenvalue weighted by molar-refractivity contribution is -0.139. The van der Waals surface area contributed by atoms with E-state index in [1.165, 1.54) is 0 Å². The smallest absolute Gasteiger partial charge is 0.294 e. The maximum Gasteiger partial charge on any atom is 0.294 e. The van der Waals surface area contributed by atoms with Crippen LogP contribution in [0.5, 0.6) is 0 Å². The van der Waals surface area contributed by atoms with Crippen LogP contribution in [0.3, 0.4) is 0 Å². The van der Waals surface area contributed by atoms with Crippen LogP contribution in [0.1, 0.15) is 54.3 Å². The van der Waals surface area contributed by atoms with Crippen molar-refractivity contribution in [3.63, 3.8) is 0 Å². The number of rotatable bonds is 4. The molecule has 8 heteroatoms. The van der Waals surface area contributed by atoms with Gasteiger partial charge >= 0.3 is 0 Å². The van der Waals surface area contributed by atoms with E-state index in [2.05, 4.69) is 20.4 Å². The van der Waals surface area contributed by atoms with Gasteiger partial charge in [-0.1, -0.05) is 11.6 Å². The molecular weight excluding hydrogens is 370 g/mol. The van der Waals surface area contributed by atoms with Crippen LogP contribution in [0.4, 0.5) is 5.69 Å². The van der Waals surface area contributed by atoms with Crippen molar-refractivity contribution >= 4 is 28.5 Å². The Morgan fingerprint density at radius 3 is 2.90 bits per heavy atom. The molecule has 1 saturated heterocycles. The van der Waals surface area contributed by atoms with E-state index in [1.54, 1.807) is 18.5 Å². The predicted octanol–water partition coefficient (Wildman–Crippen LogP) is 3.31. The predicted molar refractivity (Wildman–Crippen MR) is 106 cm³/mol. The average Bonchev–Trinajstić information content (AvgIpc) is 3.36. The van der Waals surface area contributed by atoms with Crippen LogP contribution in [-0.2, 0) is 4.79 Å². The number of imidazole rings is 1. The molecule has 0 spiro atoms. The van der Waals surface area contributed by atoms with Gasteiger partial charge in [0.15, 0.2) is 0 Å². The fraction of sp³-hybridized carbons (Fsp3) is 0.429. The van der Waals surface area contributed by atoms with Crippen molar-refractivity contribution in [2.75, 3.05) is 18.4 Å². The van der Waals surface area contributed by atoms with Crippen molar-refractivity contribution < 1.29 is 14.1 Å². The molecule has 2 aromatic heterocycles. The quantitative estimate of drug-likeness (QED) is 0.708. The first-order chi connectivity index (χ1) is 14.2. The van der Waals surface area contributed by atoms with Crippen molar-refractivity contribution in [2.45, 2.75) is 38.0 Å². The molecule has 1 saturated carbocycles. The highest BCUT2D eigenvalue weighted by atomic mass is 16.5. The summed E-state index contributed by atoms with van der Waals surface area (Å²) in [7, 11) is 0. The van der Waals surface area contributed by atoms with Gasteiger partial charge in [-0.2, -0.15) is 0 Å². The van der Waals surface area contributed by atoms with Crippen LogP contribution in [-0.4, -0.2) is 44.9 Å². The third-order valence-electron chi connectivity index (χ3n) is 6.04. The summed E-state index contributed by atoms with van der Waals surface area (Å²) in [6.45, 7) is 1.46. The Kier molecular flexibility index (Phi) is 4.54. The first-order valence-corrected chi connectivity index (χ1v) is 10.2. The molecule has 0 unspecified atom stereocenters. The fourth-order valence-corrected chi connectivity index (χ4v) is 4.13. The molecule has 3 aromatic rings. The highest BCUT2D eigenvalue weighted by Gasteiger charge is 2.33. The number of H-pyrrole nitrogens is 1. The molecule has 1 aliphatic heterocycles. The standard InChI is InChI=1S/C21H23N5O3/c27-20(24-15-6-7-16-18(9-15)23-12-22-16)19-10-17(25-29-19)14-5-2-8-26(11-14)21(28)13-3-1-4-13/h6-7,9-10,12-14H,1-5,8,11H2,(H,22,23)(H,24,27)/t14-/m0/s1. The maximum atomic E-state index is 12.6. The molecular formula is C21H23N5O3. The third-order valence-corrected chi connectivity index (χ3v) is 6.04. The molecule has 29 heavy (non-hydrogen) atoms. The first-order valence-electron chi connectivity index (χ1n) is 10.2. The van der Waals surface area contributed by atoms with Crippen LogP contribution in [0.25, 0.3) is 11.0 Å². The third kappa shape index (κ3) is 3.50. The number of carbonyl (C=O) groups excluding carboxylic acids is 2. The molecule has 2 amide bonds. The van der Waals surface area contributed by atoms with E-state index in [0.717, 1.165) is 55.4 Å². The van der Waals surface area contributed by atoms with Gasteiger partial charge in [0.2, 0.25) is 11.7 Å². The lowest BCUT2D eigenvalue weighted by atomic mass is 9.83. The zero-order valence-corrected chi connectivity index (χ0v) is 16.1. The normalized spacial score (nSPS) is 19.9. The number of carbonyl (C=O) groups is 2. The Labute approximate surface area is 167 Å². The Morgan fingerprint density at radius 1 is 1.17 bits per heavy atom. The Balaban J connectivity index is 1.25. The van der Waals surface area contributed by atoms with Gasteiger partial charge in [0.05, 0.1) is 23.1 Å². The van der Waals surface area contributed by atoms with E-state index in [1.807, 2.05) is 17.0 Å². The molecule has 2 aliphatic rings. The van der Waals surface area contributed by atoms with E-state index in [-0.39, 0.29) is 29.4 Å². The van der Waals surface area contributed by atoms with Gasteiger partial charge in [-0.15, -0.1) is 0 Å². The minimum Gasteiger partial charge on any atom is -0.351 e. The molecule has 0 radical (unpaired) electrons. The van der Waals surface area contributed by atoms with Gasteiger partial charge in [0.1, 0.15) is 0 Å². The van der Waals surface area contributed by atoms with Crippen molar-refractivity contribution in [3.05, 3.63) is 42.0 Å². The van der Waals surface area contributed by atoms with Crippen LogP contribution in [0.15, 0.2) is 35.1 Å². The summed E-state index contributed by atoms with van der Waals surface area (Å²) in [5.41, 5.74) is 3.08. The van der Waals surface area contributed by atoms with Crippen molar-refractivity contribution in [3.8, 4) is 0 Å². The molecule has 5 rings (SSSR count). The number of likely N-dealkylation sites (tertiary alicyclic amines) is 1. The number of piperidine rings is 1. The van der Waals surface area contributed by atoms with E-state index in [0.29, 0.717) is 12.2 Å². The highest BCUT2D eigenvalue weighted by Crippen LogP contribution is 2.32. The molecule has 0 bridgehead atoms. The van der Waals surface area contributed by atoms with Crippen LogP contribution < -0.4 is 5.32 Å². The van der Waals surface area contributed by atoms with E-state index in [9.17, 15) is 9.59 Å². The van der Waals surface area contributed by atoms with Crippen LogP contribution in [0, 0.1) is 5.92 Å². The summed E-state index contributed by atoms with van der Waals surface area (Å²) in [6.07, 6.45) is 6.68. The number of nitrogens with zero attached hydrogens (tertiary/aromatic N) is 3. The number of benzene rings is 1. The number of nitrogens with one attached hydrogen (secondary N) is 2. The van der Waals surface area contributed by atoms with E-state index >= 15 is 0 Å². The molecule has 2 fully saturated rings. The number of aromatic amines is 1. The van der Waals surface area contributed by atoms with Crippen molar-refractivity contribution in [1.82, 2.24) is 20.0 Å². The Hall–Kier alpha value is -3.16. The van der Waals surface area contributed by atoms with Gasteiger partial charge in [-0.25, -0.2) is 4.98 Å². The number of anilines is 1. The van der Waals surface area contributed by atoms with E-state index < -0.39 is 0 Å². The second kappa shape index (κ2) is 7.35. The molecule has 1 aromatic carbocycles. The zero-order valence-electron chi connectivity index (χ0n) is 16.1. The number of hydrogen-bond acceptors (Lipinski definition) is 5. The van der Waals surface area contributed by atoms with Crippen molar-refractivity contribution in [1.29, 1.82) is 0 Å². The number of fused-ring (bicyclic) bond motifs is 1. The van der Waals surface area contributed by atoms with Gasteiger partial charge in [-0.05, 0) is 43.9 Å². The van der Waals surface area contributed by atoms with E-state index in [4.69, 9.17) is 4.52 Å². The summed E-state index contributed by atoms with van der Waals surface area (Å²) in [4.78, 5) is 34.3. The summed E-state index contributed by atoms with van der Waals surface area (Å²) < 4.78 is 5.31. The summed E-state index contributed by atoms with van der Waals surface area (Å²) in [5, 5.41) is 6.96. The SMILES string of the molecule is O=C(Nc1ccc2nc[nH]c2c1)c1cc([C@H]2CCCN(C(=O)C3CCC3)C2)no1. The molecule has 1 atom stereocenters. The molecule has 150 valence electrons. The van der Waals surface area contributed by atoms with Crippen LogP contribution in [0.2, 0.25) is 0 Å². The number of amides is 2. The second-order valence-corrected chi connectivity index (χ2v) is 7.96. The monoisotopic (exact) mass is 393 g/mol. The maximum absolute atomic E-state index is 12.6. The van der Waals surface area contributed by atoms with Gasteiger partial charge in [0, 0.05) is 36.7 Å². The Bertz CT molecular complexity index is 1050. The number of hydrogen-bond donors (Lipinski definition) is 2. The zero-order chi connectivity index (χ0) is 19.8. The molecule has 2 N–H and O–H groups in total. The summed E-state index contributed by atoms with van der Waals surface area (Å²) in [5.74, 6) is 0.420. The molecule has 8 nitrogen and oxygen atoms in total. The first kappa shape index (κ1) is 17.9. The minimum absolute atomic E-state index is 0.111. The van der Waals surface area contributed by atoms with Gasteiger partial charge in [-0.3, -0.25) is 9.59 Å². The largest absolute Gasteiger partial charge is 0.351 e. The topological polar surface area (TPSA) is 104 Å². The number of aromatic nitrogens is 3. The lowest BCUT2D eigenvalue weighted by Crippen LogP contribution is -2.44. The average molecular weight is 393 g/mol. The second-order valence-electron chi connectivity index (χ2n) is 7.96. The summed E-state index contributed by atoms with van der Waals surface area (Å²) in [6, 6.07) is 7.15. The molecule has 3 heterocycles. The lowest BCUT2D eigenvalue weighted by Gasteiger charge is -2.36. The Morgan fingerprint density at radius 2 is 2.07 bits per heavy atom. The fourth-order valence-electron chi connectivity index (χ4n) is 4.13. The highest BCUT2D eigenvalue weighted by molar-refractivity contribution is 6.03. The summed E-state index contributed by atoms with van der Waals surface area (Å²) >= 11 is 0. The minimum atomic E-state index is -0.346. The van der Waals surface area contributed by atoms with Crippen LogP contribution >= 0.6 is 0 Å². The van der Waals surface area contributed by atoms with Gasteiger partial charge < -0.3 is 19.7 Å².